The van der Waals surface area contributed by atoms with Crippen molar-refractivity contribution in [2.24, 2.45) is 0 Å². The first-order valence-corrected chi connectivity index (χ1v) is 7.69. The van der Waals surface area contributed by atoms with Crippen LogP contribution in [0.2, 0.25) is 0 Å². The highest BCUT2D eigenvalue weighted by Crippen LogP contribution is 2.21. The van der Waals surface area contributed by atoms with Gasteiger partial charge in [0.2, 0.25) is 5.91 Å². The van der Waals surface area contributed by atoms with E-state index in [1.807, 2.05) is 35.8 Å². The lowest BCUT2D eigenvalue weighted by Crippen LogP contribution is -2.15. The lowest BCUT2D eigenvalue weighted by molar-refractivity contribution is -0.118. The third-order valence-electron chi connectivity index (χ3n) is 3.15. The molecule has 2 aromatic heterocycles. The normalized spacial score (nSPS) is 10.6. The van der Waals surface area contributed by atoms with Crippen LogP contribution >= 0.6 is 11.3 Å². The second-order valence-corrected chi connectivity index (χ2v) is 5.74. The van der Waals surface area contributed by atoms with Crippen molar-refractivity contribution in [1.29, 1.82) is 0 Å². The second-order valence-electron chi connectivity index (χ2n) is 4.79. The third-order valence-corrected chi connectivity index (χ3v) is 4.00. The van der Waals surface area contributed by atoms with E-state index < -0.39 is 12.5 Å². The number of aliphatic hydroxyl groups excluding tert-OH is 1. The van der Waals surface area contributed by atoms with Gasteiger partial charge in [0.25, 0.3) is 0 Å². The second kappa shape index (κ2) is 6.55. The molecule has 0 bridgehead atoms. The Morgan fingerprint density at radius 3 is 2.95 bits per heavy atom. The number of anilines is 2. The van der Waals surface area contributed by atoms with Gasteiger partial charge in [0, 0.05) is 24.1 Å². The van der Waals surface area contributed by atoms with Gasteiger partial charge in [-0.05, 0) is 41.3 Å². The highest BCUT2D eigenvalue weighted by atomic mass is 32.1. The first kappa shape index (κ1) is 14.5. The van der Waals surface area contributed by atoms with Gasteiger partial charge < -0.3 is 15.7 Å². The van der Waals surface area contributed by atoms with Gasteiger partial charge in [-0.2, -0.15) is 0 Å². The van der Waals surface area contributed by atoms with Crippen molar-refractivity contribution in [3.8, 4) is 0 Å². The Hall–Kier alpha value is -2.44. The molecule has 0 aliphatic heterocycles. The summed E-state index contributed by atoms with van der Waals surface area (Å²) in [7, 11) is 0. The van der Waals surface area contributed by atoms with Crippen LogP contribution in [0.4, 0.5) is 11.4 Å². The minimum atomic E-state index is -0.524. The maximum atomic E-state index is 11.2. The lowest BCUT2D eigenvalue weighted by atomic mass is 10.2. The van der Waals surface area contributed by atoms with Crippen LogP contribution in [0, 0.1) is 0 Å². The molecule has 0 saturated carbocycles. The van der Waals surface area contributed by atoms with Crippen LogP contribution in [0.15, 0.2) is 48.0 Å². The maximum absolute atomic E-state index is 11.2. The summed E-state index contributed by atoms with van der Waals surface area (Å²) in [6, 6.07) is 11.5. The smallest absolute Gasteiger partial charge is 0.250 e. The van der Waals surface area contributed by atoms with E-state index in [1.54, 1.807) is 17.4 Å². The summed E-state index contributed by atoms with van der Waals surface area (Å²) >= 11 is 1.67. The van der Waals surface area contributed by atoms with Crippen LogP contribution < -0.4 is 10.6 Å². The summed E-state index contributed by atoms with van der Waals surface area (Å²) in [6.45, 7) is 0.127. The van der Waals surface area contributed by atoms with Crippen molar-refractivity contribution in [1.82, 2.24) is 4.98 Å². The molecule has 3 N–H and O–H groups in total. The third kappa shape index (κ3) is 3.41. The van der Waals surface area contributed by atoms with Gasteiger partial charge in [0.1, 0.15) is 6.61 Å². The quantitative estimate of drug-likeness (QED) is 0.677. The predicted octanol–water partition coefficient (Wildman–Crippen LogP) is 2.84. The van der Waals surface area contributed by atoms with Gasteiger partial charge in [0.05, 0.1) is 10.2 Å². The van der Waals surface area contributed by atoms with Gasteiger partial charge in [-0.25, -0.2) is 0 Å². The van der Waals surface area contributed by atoms with E-state index in [0.29, 0.717) is 12.2 Å². The number of fused-ring (bicyclic) bond motifs is 1. The highest BCUT2D eigenvalue weighted by Gasteiger charge is 2.02. The van der Waals surface area contributed by atoms with Crippen LogP contribution in [0.25, 0.3) is 10.2 Å². The number of nitrogens with one attached hydrogen (secondary N) is 2. The lowest BCUT2D eigenvalue weighted by Gasteiger charge is -2.09. The van der Waals surface area contributed by atoms with Gasteiger partial charge in [-0.15, -0.1) is 11.3 Å². The molecule has 0 radical (unpaired) electrons. The molecule has 0 saturated heterocycles. The van der Waals surface area contributed by atoms with Crippen molar-refractivity contribution in [2.45, 2.75) is 6.54 Å². The van der Waals surface area contributed by atoms with Crippen molar-refractivity contribution in [3.05, 3.63) is 53.5 Å². The number of rotatable bonds is 5. The average molecular weight is 313 g/mol. The van der Waals surface area contributed by atoms with Gasteiger partial charge in [-0.3, -0.25) is 9.78 Å². The highest BCUT2D eigenvalue weighted by molar-refractivity contribution is 7.17. The molecule has 3 aromatic rings. The molecule has 0 atom stereocenters. The topological polar surface area (TPSA) is 74.2 Å². The summed E-state index contributed by atoms with van der Waals surface area (Å²) in [5.74, 6) is -0.426. The van der Waals surface area contributed by atoms with Crippen LogP contribution in [0.1, 0.15) is 5.56 Å². The Balaban J connectivity index is 1.67. The largest absolute Gasteiger partial charge is 0.387 e. The minimum absolute atomic E-state index is 0.426. The molecule has 22 heavy (non-hydrogen) atoms. The zero-order valence-electron chi connectivity index (χ0n) is 11.7. The first-order valence-electron chi connectivity index (χ1n) is 6.81. The number of pyridine rings is 1. The summed E-state index contributed by atoms with van der Waals surface area (Å²) in [5.41, 5.74) is 3.65. The molecule has 0 aliphatic rings. The summed E-state index contributed by atoms with van der Waals surface area (Å²) in [6.07, 6.45) is 1.86. The molecule has 0 aliphatic carbocycles. The number of nitrogens with zero attached hydrogens (tertiary/aromatic N) is 1. The monoisotopic (exact) mass is 313 g/mol. The Kier molecular flexibility index (Phi) is 4.32. The number of hydrogen-bond donors (Lipinski definition) is 3. The molecule has 0 unspecified atom stereocenters. The summed E-state index contributed by atoms with van der Waals surface area (Å²) in [4.78, 5) is 15.6. The van der Waals surface area contributed by atoms with Gasteiger partial charge >= 0.3 is 0 Å². The van der Waals surface area contributed by atoms with E-state index in [9.17, 15) is 4.79 Å². The Morgan fingerprint density at radius 1 is 1.23 bits per heavy atom. The number of thiophene rings is 1. The number of carbonyl (C=O) groups is 1. The standard InChI is InChI=1S/C16H15N3O2S/c20-10-16(21)19-13-3-1-2-12(7-13)17-8-11-6-15-14(18-9-11)4-5-22-15/h1-7,9,17,20H,8,10H2,(H,19,21). The fraction of sp³-hybridized carbons (Fsp3) is 0.125. The minimum Gasteiger partial charge on any atom is -0.387 e. The van der Waals surface area contributed by atoms with Crippen molar-refractivity contribution in [2.75, 3.05) is 17.2 Å². The van der Waals surface area contributed by atoms with E-state index in [2.05, 4.69) is 21.7 Å². The van der Waals surface area contributed by atoms with E-state index >= 15 is 0 Å². The van der Waals surface area contributed by atoms with E-state index in [1.165, 1.54) is 4.70 Å². The molecule has 6 heteroatoms. The zero-order valence-corrected chi connectivity index (χ0v) is 12.6. The Labute approximate surface area is 131 Å². The number of amides is 1. The van der Waals surface area contributed by atoms with E-state index in [-0.39, 0.29) is 0 Å². The predicted molar refractivity (Wildman–Crippen MR) is 89.1 cm³/mol. The van der Waals surface area contributed by atoms with Crippen LogP contribution in [0.5, 0.6) is 0 Å². The molecular weight excluding hydrogens is 298 g/mol. The number of aliphatic hydroxyl groups is 1. The van der Waals surface area contributed by atoms with E-state index in [4.69, 9.17) is 5.11 Å². The Bertz CT molecular complexity index is 801. The average Bonchev–Trinajstić information content (AvgIpc) is 3.01. The molecule has 1 aromatic carbocycles. The molecule has 0 fully saturated rings. The van der Waals surface area contributed by atoms with Crippen molar-refractivity contribution in [3.63, 3.8) is 0 Å². The molecule has 1 amide bonds. The Morgan fingerprint density at radius 2 is 2.09 bits per heavy atom. The van der Waals surface area contributed by atoms with Crippen molar-refractivity contribution < 1.29 is 9.90 Å². The molecule has 3 rings (SSSR count). The number of carbonyl (C=O) groups excluding carboxylic acids is 1. The molecule has 112 valence electrons. The molecule has 2 heterocycles. The summed E-state index contributed by atoms with van der Waals surface area (Å²) < 4.78 is 1.17. The molecular formula is C16H15N3O2S. The van der Waals surface area contributed by atoms with Crippen LogP contribution in [-0.4, -0.2) is 22.6 Å². The number of hydrogen-bond acceptors (Lipinski definition) is 5. The molecule has 0 spiro atoms. The van der Waals surface area contributed by atoms with Crippen LogP contribution in [-0.2, 0) is 11.3 Å². The summed E-state index contributed by atoms with van der Waals surface area (Å²) in [5, 5.41) is 16.7. The fourth-order valence-electron chi connectivity index (χ4n) is 2.10. The van der Waals surface area contributed by atoms with E-state index in [0.717, 1.165) is 16.8 Å². The van der Waals surface area contributed by atoms with Crippen LogP contribution in [0.3, 0.4) is 0 Å². The maximum Gasteiger partial charge on any atom is 0.250 e. The zero-order chi connectivity index (χ0) is 15.4. The van der Waals surface area contributed by atoms with Gasteiger partial charge in [-0.1, -0.05) is 6.07 Å². The number of aromatic nitrogens is 1. The van der Waals surface area contributed by atoms with Crippen molar-refractivity contribution >= 4 is 38.8 Å². The molecule has 5 nitrogen and oxygen atoms in total. The number of benzene rings is 1. The van der Waals surface area contributed by atoms with Gasteiger partial charge in [0.15, 0.2) is 0 Å². The SMILES string of the molecule is O=C(CO)Nc1cccc(NCc2cnc3ccsc3c2)c1. The fourth-order valence-corrected chi connectivity index (χ4v) is 2.90. The first-order chi connectivity index (χ1) is 10.7.